The van der Waals surface area contributed by atoms with Crippen molar-refractivity contribution in [3.05, 3.63) is 77.6 Å². The van der Waals surface area contributed by atoms with E-state index in [-0.39, 0.29) is 23.1 Å². The van der Waals surface area contributed by atoms with Crippen LogP contribution >= 0.6 is 0 Å². The number of hydrogen-bond donors (Lipinski definition) is 2. The number of aromatic nitrogens is 2. The number of carboxylic acids is 2. The van der Waals surface area contributed by atoms with Crippen molar-refractivity contribution in [2.45, 2.75) is 45.4 Å². The first-order valence-corrected chi connectivity index (χ1v) is 11.7. The molecule has 2 aromatic carbocycles. The van der Waals surface area contributed by atoms with Gasteiger partial charge in [-0.15, -0.1) is 0 Å². The van der Waals surface area contributed by atoms with Crippen molar-refractivity contribution in [1.29, 1.82) is 0 Å². The summed E-state index contributed by atoms with van der Waals surface area (Å²) < 4.78 is 46.1. The molecule has 0 saturated carbocycles. The summed E-state index contributed by atoms with van der Waals surface area (Å²) in [5.41, 5.74) is -1.19. The molecule has 7 nitrogen and oxygen atoms in total. The van der Waals surface area contributed by atoms with Gasteiger partial charge in [0.25, 0.3) is 0 Å². The monoisotopic (exact) mass is 526 g/mol. The van der Waals surface area contributed by atoms with E-state index in [0.717, 1.165) is 12.3 Å². The van der Waals surface area contributed by atoms with E-state index in [1.54, 1.807) is 42.5 Å². The zero-order valence-corrected chi connectivity index (χ0v) is 21.0. The van der Waals surface area contributed by atoms with Gasteiger partial charge in [0, 0.05) is 28.4 Å². The van der Waals surface area contributed by atoms with Crippen LogP contribution < -0.4 is 4.74 Å². The Hall–Kier alpha value is -4.34. The van der Waals surface area contributed by atoms with Gasteiger partial charge in [0.15, 0.2) is 0 Å². The highest BCUT2D eigenvalue weighted by atomic mass is 19.4. The number of pyridine rings is 1. The summed E-state index contributed by atoms with van der Waals surface area (Å²) in [5, 5.41) is 20.6. The molecule has 198 valence electrons. The van der Waals surface area contributed by atoms with Crippen molar-refractivity contribution in [1.82, 2.24) is 9.55 Å². The van der Waals surface area contributed by atoms with Gasteiger partial charge in [-0.05, 0) is 76.2 Å². The average molecular weight is 527 g/mol. The maximum atomic E-state index is 13.0. The van der Waals surface area contributed by atoms with Gasteiger partial charge in [-0.2, -0.15) is 13.2 Å². The SMILES string of the molecule is CC(C)Oc1ccc(-n2c(C(=O)O)c(C(C)(C)C(=O)O)c3cc(-c4ccc(C(F)(F)F)cn4)ccc32)cc1. The normalized spacial score (nSPS) is 12.2. The molecule has 2 N–H and O–H groups in total. The van der Waals surface area contributed by atoms with Gasteiger partial charge in [0.1, 0.15) is 11.4 Å². The largest absolute Gasteiger partial charge is 0.491 e. The number of nitrogens with zero attached hydrogens (tertiary/aromatic N) is 2. The molecular formula is C28H25F3N2O5. The third-order valence-corrected chi connectivity index (χ3v) is 6.18. The molecule has 0 spiro atoms. The van der Waals surface area contributed by atoms with Gasteiger partial charge >= 0.3 is 18.1 Å². The number of carboxylic acid groups (broad SMARTS) is 2. The van der Waals surface area contributed by atoms with E-state index in [0.29, 0.717) is 27.9 Å². The number of aromatic carboxylic acids is 1. The molecule has 2 aromatic heterocycles. The van der Waals surface area contributed by atoms with Crippen LogP contribution in [0.15, 0.2) is 60.8 Å². The fraction of sp³-hybridized carbons (Fsp3) is 0.250. The Bertz CT molecular complexity index is 1520. The molecule has 0 fully saturated rings. The van der Waals surface area contributed by atoms with Crippen molar-refractivity contribution >= 4 is 22.8 Å². The smallest absolute Gasteiger partial charge is 0.417 e. The number of ether oxygens (including phenoxy) is 1. The highest BCUT2D eigenvalue weighted by molar-refractivity contribution is 6.04. The molecule has 4 aromatic rings. The summed E-state index contributed by atoms with van der Waals surface area (Å²) in [6, 6.07) is 13.6. The van der Waals surface area contributed by atoms with Crippen molar-refractivity contribution in [3.63, 3.8) is 0 Å². The highest BCUT2D eigenvalue weighted by Gasteiger charge is 2.39. The molecule has 0 amide bonds. The fourth-order valence-electron chi connectivity index (χ4n) is 4.34. The van der Waals surface area contributed by atoms with Crippen LogP contribution in [0, 0.1) is 0 Å². The molecular weight excluding hydrogens is 501 g/mol. The first-order valence-electron chi connectivity index (χ1n) is 11.7. The molecule has 0 saturated heterocycles. The van der Waals surface area contributed by atoms with Crippen LogP contribution in [-0.4, -0.2) is 37.8 Å². The van der Waals surface area contributed by atoms with E-state index in [9.17, 15) is 33.0 Å². The molecule has 0 bridgehead atoms. The number of carbonyl (C=O) groups is 2. The second kappa shape index (κ2) is 9.51. The standard InChI is InChI=1S/C28H25F3N2O5/c1-15(2)38-19-9-7-18(8-10-19)33-22-12-5-16(21-11-6-17(14-32-21)28(29,30)31)13-20(22)23(24(33)25(34)35)27(3,4)26(36)37/h5-15H,1-4H3,(H,34,35)(H,36,37). The fourth-order valence-corrected chi connectivity index (χ4v) is 4.34. The Morgan fingerprint density at radius 1 is 0.974 bits per heavy atom. The van der Waals surface area contributed by atoms with Crippen LogP contribution in [-0.2, 0) is 16.4 Å². The summed E-state index contributed by atoms with van der Waals surface area (Å²) >= 11 is 0. The highest BCUT2D eigenvalue weighted by Crippen LogP contribution is 2.40. The van der Waals surface area contributed by atoms with E-state index >= 15 is 0 Å². The average Bonchev–Trinajstić information content (AvgIpc) is 3.19. The minimum atomic E-state index is -4.54. The lowest BCUT2D eigenvalue weighted by molar-refractivity contribution is -0.142. The zero-order chi connectivity index (χ0) is 28.0. The molecule has 0 radical (unpaired) electrons. The van der Waals surface area contributed by atoms with Gasteiger partial charge in [-0.25, -0.2) is 4.79 Å². The molecule has 0 aliphatic carbocycles. The lowest BCUT2D eigenvalue weighted by Gasteiger charge is -2.20. The first kappa shape index (κ1) is 26.7. The maximum Gasteiger partial charge on any atom is 0.417 e. The predicted molar refractivity (Wildman–Crippen MR) is 135 cm³/mol. The summed E-state index contributed by atoms with van der Waals surface area (Å²) in [5.74, 6) is -1.99. The quantitative estimate of drug-likeness (QED) is 0.283. The van der Waals surface area contributed by atoms with Crippen LogP contribution in [0.2, 0.25) is 0 Å². The number of halogens is 3. The number of fused-ring (bicyclic) bond motifs is 1. The van der Waals surface area contributed by atoms with Crippen LogP contribution in [0.4, 0.5) is 13.2 Å². The Morgan fingerprint density at radius 2 is 1.63 bits per heavy atom. The van der Waals surface area contributed by atoms with Gasteiger partial charge in [-0.1, -0.05) is 6.07 Å². The summed E-state index contributed by atoms with van der Waals surface area (Å²) in [4.78, 5) is 28.8. The Kier molecular flexibility index (Phi) is 6.69. The molecule has 0 unspecified atom stereocenters. The third-order valence-electron chi connectivity index (χ3n) is 6.18. The number of hydrogen-bond acceptors (Lipinski definition) is 4. The molecule has 0 aliphatic rings. The third kappa shape index (κ3) is 4.81. The van der Waals surface area contributed by atoms with E-state index in [1.807, 2.05) is 13.8 Å². The minimum Gasteiger partial charge on any atom is -0.491 e. The van der Waals surface area contributed by atoms with Gasteiger partial charge in [-0.3, -0.25) is 9.78 Å². The predicted octanol–water partition coefficient (Wildman–Crippen LogP) is 6.56. The van der Waals surface area contributed by atoms with Crippen molar-refractivity contribution in [2.24, 2.45) is 0 Å². The molecule has 2 heterocycles. The topological polar surface area (TPSA) is 102 Å². The molecule has 0 aliphatic heterocycles. The molecule has 38 heavy (non-hydrogen) atoms. The number of benzene rings is 2. The number of alkyl halides is 3. The lowest BCUT2D eigenvalue weighted by atomic mass is 9.82. The van der Waals surface area contributed by atoms with Crippen LogP contribution in [0.3, 0.4) is 0 Å². The Balaban J connectivity index is 1.99. The van der Waals surface area contributed by atoms with Crippen LogP contribution in [0.1, 0.15) is 49.3 Å². The lowest BCUT2D eigenvalue weighted by Crippen LogP contribution is -2.30. The maximum absolute atomic E-state index is 13.0. The molecule has 10 heteroatoms. The van der Waals surface area contributed by atoms with Gasteiger partial charge in [0.2, 0.25) is 0 Å². The first-order chi connectivity index (χ1) is 17.7. The van der Waals surface area contributed by atoms with E-state index in [2.05, 4.69) is 4.98 Å². The van der Waals surface area contributed by atoms with Crippen molar-refractivity contribution in [2.75, 3.05) is 0 Å². The Labute approximate surface area is 216 Å². The van der Waals surface area contributed by atoms with E-state index < -0.39 is 29.1 Å². The van der Waals surface area contributed by atoms with Crippen LogP contribution in [0.5, 0.6) is 5.75 Å². The summed E-state index contributed by atoms with van der Waals surface area (Å²) in [6.45, 7) is 6.56. The van der Waals surface area contributed by atoms with Gasteiger partial charge < -0.3 is 19.5 Å². The number of rotatable bonds is 7. The molecule has 4 rings (SSSR count). The molecule has 0 atom stereocenters. The van der Waals surface area contributed by atoms with Crippen molar-refractivity contribution < 1.29 is 37.7 Å². The van der Waals surface area contributed by atoms with Gasteiger partial charge in [0.05, 0.1) is 28.3 Å². The van der Waals surface area contributed by atoms with E-state index in [1.165, 1.54) is 24.5 Å². The van der Waals surface area contributed by atoms with Crippen LogP contribution in [0.25, 0.3) is 27.8 Å². The Morgan fingerprint density at radius 3 is 2.13 bits per heavy atom. The second-order valence-corrected chi connectivity index (χ2v) is 9.62. The van der Waals surface area contributed by atoms with Crippen molar-refractivity contribution in [3.8, 4) is 22.7 Å². The summed E-state index contributed by atoms with van der Waals surface area (Å²) in [6.07, 6.45) is -3.89. The summed E-state index contributed by atoms with van der Waals surface area (Å²) in [7, 11) is 0. The minimum absolute atomic E-state index is 0.0590. The second-order valence-electron chi connectivity index (χ2n) is 9.62. The zero-order valence-electron chi connectivity index (χ0n) is 21.0. The van der Waals surface area contributed by atoms with E-state index in [4.69, 9.17) is 4.74 Å². The number of aliphatic carboxylic acids is 1.